The van der Waals surface area contributed by atoms with Crippen LogP contribution in [-0.2, 0) is 14.8 Å². The molecule has 2 rings (SSSR count). The van der Waals surface area contributed by atoms with Crippen molar-refractivity contribution in [1.82, 2.24) is 5.43 Å². The van der Waals surface area contributed by atoms with Crippen molar-refractivity contribution in [3.05, 3.63) is 53.8 Å². The van der Waals surface area contributed by atoms with Crippen LogP contribution in [0, 0.1) is 5.82 Å². The summed E-state index contributed by atoms with van der Waals surface area (Å²) in [5.41, 5.74) is 2.49. The number of aromatic hydroxyl groups is 1. The lowest BCUT2D eigenvalue weighted by atomic mass is 10.2. The lowest BCUT2D eigenvalue weighted by molar-refractivity contribution is -0.119. The van der Waals surface area contributed by atoms with Gasteiger partial charge < -0.3 is 9.84 Å². The van der Waals surface area contributed by atoms with E-state index in [2.05, 4.69) is 10.5 Å². The van der Waals surface area contributed by atoms with E-state index in [-0.39, 0.29) is 17.2 Å². The largest absolute Gasteiger partial charge is 0.504 e. The summed E-state index contributed by atoms with van der Waals surface area (Å²) in [7, 11) is -3.83. The summed E-state index contributed by atoms with van der Waals surface area (Å²) in [4.78, 5) is 12.1. The number of para-hydroxylation sites is 1. The minimum atomic E-state index is -3.83. The highest BCUT2D eigenvalue weighted by Gasteiger charge is 2.21. The Labute approximate surface area is 162 Å². The van der Waals surface area contributed by atoms with Crippen molar-refractivity contribution < 1.29 is 27.4 Å². The van der Waals surface area contributed by atoms with E-state index in [4.69, 9.17) is 4.74 Å². The molecular formula is C18H20FN3O5S. The number of amides is 1. The molecule has 0 radical (unpaired) electrons. The SMILES string of the molecule is CCOc1cccc(/C=N\NC(=O)CN(c2cccc(F)c2)S(C)(=O)=O)c1O. The van der Waals surface area contributed by atoms with Crippen LogP contribution < -0.4 is 14.5 Å². The molecule has 0 unspecified atom stereocenters. The number of carbonyl (C=O) groups excluding carboxylic acids is 1. The zero-order valence-corrected chi connectivity index (χ0v) is 16.1. The molecule has 2 aromatic carbocycles. The molecule has 2 N–H and O–H groups in total. The van der Waals surface area contributed by atoms with Gasteiger partial charge in [-0.2, -0.15) is 5.10 Å². The van der Waals surface area contributed by atoms with Crippen LogP contribution in [0.2, 0.25) is 0 Å². The molecule has 150 valence electrons. The Balaban J connectivity index is 2.10. The molecule has 1 amide bonds. The second-order valence-electron chi connectivity index (χ2n) is 5.67. The maximum absolute atomic E-state index is 13.4. The zero-order valence-electron chi connectivity index (χ0n) is 15.3. The number of carbonyl (C=O) groups is 1. The predicted molar refractivity (Wildman–Crippen MR) is 104 cm³/mol. The first-order chi connectivity index (χ1) is 13.2. The number of phenolic OH excluding ortho intramolecular Hbond substituents is 1. The van der Waals surface area contributed by atoms with Crippen LogP contribution >= 0.6 is 0 Å². The summed E-state index contributed by atoms with van der Waals surface area (Å²) in [6.45, 7) is 1.55. The molecular weight excluding hydrogens is 389 g/mol. The van der Waals surface area contributed by atoms with Crippen molar-refractivity contribution in [2.45, 2.75) is 6.92 Å². The van der Waals surface area contributed by atoms with E-state index in [9.17, 15) is 22.7 Å². The fourth-order valence-electron chi connectivity index (χ4n) is 2.29. The van der Waals surface area contributed by atoms with Crippen molar-refractivity contribution in [3.8, 4) is 11.5 Å². The van der Waals surface area contributed by atoms with Crippen molar-refractivity contribution in [3.63, 3.8) is 0 Å². The van der Waals surface area contributed by atoms with Gasteiger partial charge in [0.2, 0.25) is 10.0 Å². The number of hydrogen-bond donors (Lipinski definition) is 2. The summed E-state index contributed by atoms with van der Waals surface area (Å²) >= 11 is 0. The number of sulfonamides is 1. The smallest absolute Gasteiger partial charge is 0.260 e. The highest BCUT2D eigenvalue weighted by atomic mass is 32.2. The number of hydrogen-bond acceptors (Lipinski definition) is 6. The normalized spacial score (nSPS) is 11.4. The molecule has 0 atom stereocenters. The molecule has 0 bridgehead atoms. The number of ether oxygens (including phenoxy) is 1. The Kier molecular flexibility index (Phi) is 6.94. The summed E-state index contributed by atoms with van der Waals surface area (Å²) in [6, 6.07) is 9.67. The van der Waals surface area contributed by atoms with E-state index in [1.165, 1.54) is 18.3 Å². The number of hydrazone groups is 1. The van der Waals surface area contributed by atoms with Crippen LogP contribution in [0.5, 0.6) is 11.5 Å². The Morgan fingerprint density at radius 1 is 1.32 bits per heavy atom. The van der Waals surface area contributed by atoms with Gasteiger partial charge in [0.1, 0.15) is 12.4 Å². The Morgan fingerprint density at radius 3 is 2.68 bits per heavy atom. The van der Waals surface area contributed by atoms with Crippen LogP contribution in [0.25, 0.3) is 0 Å². The molecule has 0 saturated carbocycles. The predicted octanol–water partition coefficient (Wildman–Crippen LogP) is 1.85. The van der Waals surface area contributed by atoms with Crippen LogP contribution in [0.4, 0.5) is 10.1 Å². The van der Waals surface area contributed by atoms with Gasteiger partial charge in [0, 0.05) is 5.56 Å². The number of nitrogens with one attached hydrogen (secondary N) is 1. The summed E-state index contributed by atoms with van der Waals surface area (Å²) < 4.78 is 43.3. The molecule has 0 aliphatic carbocycles. The number of halogens is 1. The first-order valence-corrected chi connectivity index (χ1v) is 10.1. The maximum atomic E-state index is 13.4. The van der Waals surface area contributed by atoms with E-state index in [1.807, 2.05) is 0 Å². The third-order valence-corrected chi connectivity index (χ3v) is 4.65. The minimum Gasteiger partial charge on any atom is -0.504 e. The highest BCUT2D eigenvalue weighted by molar-refractivity contribution is 7.92. The number of phenols is 1. The molecule has 0 aliphatic heterocycles. The molecule has 28 heavy (non-hydrogen) atoms. The van der Waals surface area contributed by atoms with E-state index >= 15 is 0 Å². The zero-order chi connectivity index (χ0) is 20.7. The number of benzene rings is 2. The third kappa shape index (κ3) is 5.68. The lowest BCUT2D eigenvalue weighted by Gasteiger charge is -2.21. The second kappa shape index (κ2) is 9.18. The third-order valence-electron chi connectivity index (χ3n) is 3.51. The van der Waals surface area contributed by atoms with Gasteiger partial charge in [-0.15, -0.1) is 0 Å². The first kappa shape index (κ1) is 21.2. The Morgan fingerprint density at radius 2 is 2.04 bits per heavy atom. The summed E-state index contributed by atoms with van der Waals surface area (Å²) in [5, 5.41) is 13.8. The van der Waals surface area contributed by atoms with Crippen LogP contribution in [0.3, 0.4) is 0 Å². The molecule has 0 heterocycles. The van der Waals surface area contributed by atoms with Gasteiger partial charge in [0.15, 0.2) is 11.5 Å². The van der Waals surface area contributed by atoms with Crippen molar-refractivity contribution in [2.24, 2.45) is 5.10 Å². The van der Waals surface area contributed by atoms with Crippen molar-refractivity contribution in [2.75, 3.05) is 23.7 Å². The molecule has 2 aromatic rings. The molecule has 0 aromatic heterocycles. The van der Waals surface area contributed by atoms with Crippen molar-refractivity contribution >= 4 is 27.8 Å². The minimum absolute atomic E-state index is 0.0173. The van der Waals surface area contributed by atoms with Crippen LogP contribution in [0.15, 0.2) is 47.6 Å². The summed E-state index contributed by atoms with van der Waals surface area (Å²) in [6.07, 6.45) is 2.11. The standard InChI is InChI=1S/C18H20FN3O5S/c1-3-27-16-9-4-6-13(18(16)24)11-20-21-17(23)12-22(28(2,25)26)15-8-5-7-14(19)10-15/h4-11,24H,3,12H2,1-2H3,(H,21,23)/b20-11-. The van der Waals surface area contributed by atoms with Gasteiger partial charge >= 0.3 is 0 Å². The van der Waals surface area contributed by atoms with Gasteiger partial charge in [0.05, 0.1) is 24.8 Å². The monoisotopic (exact) mass is 409 g/mol. The summed E-state index contributed by atoms with van der Waals surface area (Å²) in [5.74, 6) is -1.24. The van der Waals surface area contributed by atoms with Crippen LogP contribution in [-0.4, -0.2) is 45.1 Å². The molecule has 0 fully saturated rings. The lowest BCUT2D eigenvalue weighted by Crippen LogP contribution is -2.39. The molecule has 0 aliphatic rings. The maximum Gasteiger partial charge on any atom is 0.260 e. The molecule has 10 heteroatoms. The Hall–Kier alpha value is -3.14. The fraction of sp³-hybridized carbons (Fsp3) is 0.222. The average Bonchev–Trinajstić information content (AvgIpc) is 2.62. The molecule has 0 spiro atoms. The van der Waals surface area contributed by atoms with E-state index < -0.39 is 28.3 Å². The molecule has 8 nitrogen and oxygen atoms in total. The highest BCUT2D eigenvalue weighted by Crippen LogP contribution is 2.28. The van der Waals surface area contributed by atoms with E-state index in [0.717, 1.165) is 22.7 Å². The number of rotatable bonds is 8. The topological polar surface area (TPSA) is 108 Å². The van der Waals surface area contributed by atoms with E-state index in [1.54, 1.807) is 25.1 Å². The van der Waals surface area contributed by atoms with E-state index in [0.29, 0.717) is 12.2 Å². The van der Waals surface area contributed by atoms with Crippen molar-refractivity contribution in [1.29, 1.82) is 0 Å². The quantitative estimate of drug-likeness (QED) is 0.511. The Bertz CT molecular complexity index is 979. The van der Waals surface area contributed by atoms with Crippen LogP contribution in [0.1, 0.15) is 12.5 Å². The van der Waals surface area contributed by atoms with Gasteiger partial charge in [0.25, 0.3) is 5.91 Å². The second-order valence-corrected chi connectivity index (χ2v) is 7.58. The fourth-order valence-corrected chi connectivity index (χ4v) is 3.13. The van der Waals surface area contributed by atoms with Gasteiger partial charge in [-0.05, 0) is 37.3 Å². The van der Waals surface area contributed by atoms with Gasteiger partial charge in [-0.1, -0.05) is 12.1 Å². The van der Waals surface area contributed by atoms with Gasteiger partial charge in [-0.25, -0.2) is 18.2 Å². The number of anilines is 1. The molecule has 0 saturated heterocycles. The first-order valence-electron chi connectivity index (χ1n) is 8.22. The van der Waals surface area contributed by atoms with Gasteiger partial charge in [-0.3, -0.25) is 9.10 Å². The average molecular weight is 409 g/mol. The number of nitrogens with zero attached hydrogens (tertiary/aromatic N) is 2.